The number of phenols is 1. The van der Waals surface area contributed by atoms with Crippen LogP contribution in [0.5, 0.6) is 5.75 Å². The molecule has 28 heavy (non-hydrogen) atoms. The molecule has 1 N–H and O–H groups in total. The first kappa shape index (κ1) is 18.3. The van der Waals surface area contributed by atoms with E-state index in [0.29, 0.717) is 12.2 Å². The monoisotopic (exact) mass is 375 g/mol. The summed E-state index contributed by atoms with van der Waals surface area (Å²) in [4.78, 5) is 16.9. The average Bonchev–Trinajstić information content (AvgIpc) is 3.24. The molecule has 1 aliphatic heterocycles. The Morgan fingerprint density at radius 2 is 1.57 bits per heavy atom. The second-order valence-electron chi connectivity index (χ2n) is 7.26. The van der Waals surface area contributed by atoms with Crippen molar-refractivity contribution in [2.45, 2.75) is 13.0 Å². The van der Waals surface area contributed by atoms with E-state index in [4.69, 9.17) is 0 Å². The highest BCUT2D eigenvalue weighted by atomic mass is 16.3. The van der Waals surface area contributed by atoms with Gasteiger partial charge in [0.15, 0.2) is 0 Å². The van der Waals surface area contributed by atoms with Crippen molar-refractivity contribution in [2.24, 2.45) is 0 Å². The van der Waals surface area contributed by atoms with Crippen LogP contribution in [0.15, 0.2) is 73.1 Å². The summed E-state index contributed by atoms with van der Waals surface area (Å²) in [5.74, 6) is 0.486. The van der Waals surface area contributed by atoms with Gasteiger partial charge < -0.3 is 14.6 Å². The SMILES string of the molecule is O=C(Cc1ccc(-n2cccc2)cc1)N1CCN(Cc2cccc(O)c2)CC1. The molecule has 0 saturated carbocycles. The Labute approximate surface area is 165 Å². The predicted octanol–water partition coefficient (Wildman–Crippen LogP) is 3.07. The van der Waals surface area contributed by atoms with Gasteiger partial charge in [0.05, 0.1) is 6.42 Å². The fourth-order valence-corrected chi connectivity index (χ4v) is 3.65. The molecule has 0 aliphatic carbocycles. The highest BCUT2D eigenvalue weighted by Crippen LogP contribution is 2.15. The van der Waals surface area contributed by atoms with Gasteiger partial charge in [0.1, 0.15) is 5.75 Å². The Morgan fingerprint density at radius 3 is 2.25 bits per heavy atom. The molecule has 0 radical (unpaired) electrons. The van der Waals surface area contributed by atoms with Crippen LogP contribution in [-0.4, -0.2) is 51.6 Å². The number of benzene rings is 2. The predicted molar refractivity (Wildman–Crippen MR) is 109 cm³/mol. The van der Waals surface area contributed by atoms with E-state index in [2.05, 4.69) is 21.6 Å². The molecule has 2 aromatic carbocycles. The van der Waals surface area contributed by atoms with Crippen molar-refractivity contribution in [3.8, 4) is 11.4 Å². The van der Waals surface area contributed by atoms with E-state index in [1.54, 1.807) is 12.1 Å². The summed E-state index contributed by atoms with van der Waals surface area (Å²) < 4.78 is 2.05. The number of phenolic OH excluding ortho intramolecular Hbond substituents is 1. The minimum absolute atomic E-state index is 0.186. The third kappa shape index (κ3) is 4.43. The molecule has 0 spiro atoms. The lowest BCUT2D eigenvalue weighted by Gasteiger charge is -2.34. The molecule has 0 unspecified atom stereocenters. The third-order valence-electron chi connectivity index (χ3n) is 5.24. The van der Waals surface area contributed by atoms with E-state index in [1.165, 1.54) is 0 Å². The first-order chi connectivity index (χ1) is 13.7. The molecule has 3 aromatic rings. The highest BCUT2D eigenvalue weighted by Gasteiger charge is 2.21. The van der Waals surface area contributed by atoms with Crippen LogP contribution in [0.4, 0.5) is 0 Å². The molecule has 4 rings (SSSR count). The van der Waals surface area contributed by atoms with E-state index >= 15 is 0 Å². The average molecular weight is 375 g/mol. The first-order valence-corrected chi connectivity index (χ1v) is 9.68. The molecule has 1 fully saturated rings. The summed E-state index contributed by atoms with van der Waals surface area (Å²) >= 11 is 0. The molecule has 1 aromatic heterocycles. The number of aromatic hydroxyl groups is 1. The van der Waals surface area contributed by atoms with Crippen LogP contribution in [0.25, 0.3) is 5.69 Å². The number of amides is 1. The van der Waals surface area contributed by atoms with E-state index < -0.39 is 0 Å². The molecular formula is C23H25N3O2. The second-order valence-corrected chi connectivity index (χ2v) is 7.26. The Kier molecular flexibility index (Phi) is 5.44. The molecular weight excluding hydrogens is 350 g/mol. The Balaban J connectivity index is 1.28. The maximum Gasteiger partial charge on any atom is 0.227 e. The molecule has 1 aliphatic rings. The van der Waals surface area contributed by atoms with E-state index in [1.807, 2.05) is 53.7 Å². The smallest absolute Gasteiger partial charge is 0.227 e. The summed E-state index contributed by atoms with van der Waals surface area (Å²) in [5.41, 5.74) is 3.24. The molecule has 0 atom stereocenters. The maximum atomic E-state index is 12.7. The highest BCUT2D eigenvalue weighted by molar-refractivity contribution is 5.79. The number of carbonyl (C=O) groups excluding carboxylic acids is 1. The van der Waals surface area contributed by atoms with Crippen LogP contribution < -0.4 is 0 Å². The van der Waals surface area contributed by atoms with Crippen LogP contribution >= 0.6 is 0 Å². The standard InChI is InChI=1S/C23H25N3O2/c27-22-5-3-4-20(16-22)18-24-12-14-26(15-13-24)23(28)17-19-6-8-21(9-7-19)25-10-1-2-11-25/h1-11,16,27H,12-15,17-18H2. The van der Waals surface area contributed by atoms with Crippen molar-refractivity contribution in [3.05, 3.63) is 84.2 Å². The zero-order chi connectivity index (χ0) is 19.3. The summed E-state index contributed by atoms with van der Waals surface area (Å²) in [5, 5.41) is 9.60. The largest absolute Gasteiger partial charge is 0.508 e. The number of hydrogen-bond acceptors (Lipinski definition) is 3. The fraction of sp³-hybridized carbons (Fsp3) is 0.261. The van der Waals surface area contributed by atoms with Crippen LogP contribution in [0.1, 0.15) is 11.1 Å². The topological polar surface area (TPSA) is 48.7 Å². The lowest BCUT2D eigenvalue weighted by atomic mass is 10.1. The minimum atomic E-state index is 0.186. The third-order valence-corrected chi connectivity index (χ3v) is 5.24. The van der Waals surface area contributed by atoms with Gasteiger partial charge in [-0.05, 0) is 47.5 Å². The Morgan fingerprint density at radius 1 is 0.857 bits per heavy atom. The summed E-state index contributed by atoms with van der Waals surface area (Å²) in [6, 6.07) is 19.5. The van der Waals surface area contributed by atoms with Crippen molar-refractivity contribution in [2.75, 3.05) is 26.2 Å². The van der Waals surface area contributed by atoms with Crippen LogP contribution in [0.2, 0.25) is 0 Å². The van der Waals surface area contributed by atoms with E-state index in [-0.39, 0.29) is 5.91 Å². The molecule has 1 saturated heterocycles. The molecule has 144 valence electrons. The number of nitrogens with zero attached hydrogens (tertiary/aromatic N) is 3. The van der Waals surface area contributed by atoms with Gasteiger partial charge in [-0.2, -0.15) is 0 Å². The second kappa shape index (κ2) is 8.31. The zero-order valence-electron chi connectivity index (χ0n) is 15.9. The van der Waals surface area contributed by atoms with Gasteiger partial charge >= 0.3 is 0 Å². The molecule has 0 bridgehead atoms. The van der Waals surface area contributed by atoms with Crippen LogP contribution in [0, 0.1) is 0 Å². The Hall–Kier alpha value is -3.05. The normalized spacial score (nSPS) is 14.9. The van der Waals surface area contributed by atoms with Gasteiger partial charge in [0.25, 0.3) is 0 Å². The van der Waals surface area contributed by atoms with Crippen molar-refractivity contribution >= 4 is 5.91 Å². The van der Waals surface area contributed by atoms with Gasteiger partial charge in [-0.15, -0.1) is 0 Å². The number of aromatic nitrogens is 1. The molecule has 2 heterocycles. The molecule has 1 amide bonds. The number of carbonyl (C=O) groups is 1. The van der Waals surface area contributed by atoms with Crippen molar-refractivity contribution in [1.82, 2.24) is 14.4 Å². The number of piperazine rings is 1. The minimum Gasteiger partial charge on any atom is -0.508 e. The van der Waals surface area contributed by atoms with E-state index in [0.717, 1.165) is 49.5 Å². The van der Waals surface area contributed by atoms with Crippen LogP contribution in [-0.2, 0) is 17.8 Å². The van der Waals surface area contributed by atoms with Gasteiger partial charge in [0, 0.05) is 50.8 Å². The lowest BCUT2D eigenvalue weighted by Crippen LogP contribution is -2.48. The van der Waals surface area contributed by atoms with E-state index in [9.17, 15) is 9.90 Å². The van der Waals surface area contributed by atoms with Gasteiger partial charge in [-0.1, -0.05) is 24.3 Å². The summed E-state index contributed by atoms with van der Waals surface area (Å²) in [6.45, 7) is 4.01. The molecule has 5 nitrogen and oxygen atoms in total. The van der Waals surface area contributed by atoms with Gasteiger partial charge in [-0.3, -0.25) is 9.69 Å². The van der Waals surface area contributed by atoms with Crippen molar-refractivity contribution < 1.29 is 9.90 Å². The zero-order valence-corrected chi connectivity index (χ0v) is 15.9. The molecule has 5 heteroatoms. The Bertz CT molecular complexity index is 911. The first-order valence-electron chi connectivity index (χ1n) is 9.68. The van der Waals surface area contributed by atoms with Gasteiger partial charge in [0.2, 0.25) is 5.91 Å². The summed E-state index contributed by atoms with van der Waals surface area (Å²) in [7, 11) is 0. The lowest BCUT2D eigenvalue weighted by molar-refractivity contribution is -0.132. The number of rotatable bonds is 5. The maximum absolute atomic E-state index is 12.7. The van der Waals surface area contributed by atoms with Crippen molar-refractivity contribution in [1.29, 1.82) is 0 Å². The van der Waals surface area contributed by atoms with Crippen molar-refractivity contribution in [3.63, 3.8) is 0 Å². The van der Waals surface area contributed by atoms with Gasteiger partial charge in [-0.25, -0.2) is 0 Å². The van der Waals surface area contributed by atoms with Crippen LogP contribution in [0.3, 0.4) is 0 Å². The fourth-order valence-electron chi connectivity index (χ4n) is 3.65. The number of hydrogen-bond donors (Lipinski definition) is 1. The quantitative estimate of drug-likeness (QED) is 0.746. The summed E-state index contributed by atoms with van der Waals surface area (Å²) in [6.07, 6.45) is 4.46.